The molecule has 0 bridgehead atoms. The molecule has 1 radical (unpaired) electrons. The summed E-state index contributed by atoms with van der Waals surface area (Å²) in [5.41, 5.74) is 2.05. The fraction of sp³-hybridized carbons (Fsp3) is 0. The normalized spacial score (nSPS) is 11.7. The van der Waals surface area contributed by atoms with Crippen molar-refractivity contribution in [3.8, 4) is 0 Å². The number of nitrogens with one attached hydrogen (secondary N) is 3. The van der Waals surface area contributed by atoms with Crippen LogP contribution in [0.4, 0.5) is 11.4 Å². The maximum atomic E-state index is 12.6. The molecule has 25 heavy (non-hydrogen) atoms. The SMILES string of the molecule is O=[C]N(c1ccc2cc[nH]c2c1)S(=O)(=O)Nc1ccc2cc[nH]c2c1. The summed E-state index contributed by atoms with van der Waals surface area (Å²) in [6.07, 6.45) is 4.98. The minimum absolute atomic E-state index is 0.193. The summed E-state index contributed by atoms with van der Waals surface area (Å²) in [6, 6.07) is 13.7. The Morgan fingerprint density at radius 2 is 1.52 bits per heavy atom. The summed E-state index contributed by atoms with van der Waals surface area (Å²) in [4.78, 5) is 17.3. The molecule has 2 aromatic heterocycles. The molecule has 0 saturated carbocycles. The number of aromatic amines is 2. The molecule has 2 heterocycles. The van der Waals surface area contributed by atoms with Crippen LogP contribution in [0.5, 0.6) is 0 Å². The van der Waals surface area contributed by atoms with Gasteiger partial charge in [0.25, 0.3) is 0 Å². The first-order valence-electron chi connectivity index (χ1n) is 7.42. The van der Waals surface area contributed by atoms with Crippen LogP contribution in [0.1, 0.15) is 0 Å². The van der Waals surface area contributed by atoms with Crippen LogP contribution in [-0.2, 0) is 15.0 Å². The Balaban J connectivity index is 1.69. The van der Waals surface area contributed by atoms with E-state index < -0.39 is 10.2 Å². The standard InChI is InChI=1S/C17H13N4O3S/c22-11-21(15-4-2-13-6-8-19-17(13)10-15)25(23,24)20-14-3-1-12-5-7-18-16(12)9-14/h1-10,18-20H. The number of hydrogen-bond acceptors (Lipinski definition) is 3. The van der Waals surface area contributed by atoms with Crippen molar-refractivity contribution in [2.75, 3.05) is 9.03 Å². The first-order valence-corrected chi connectivity index (χ1v) is 8.86. The molecule has 0 spiro atoms. The Hall–Kier alpha value is -3.26. The summed E-state index contributed by atoms with van der Waals surface area (Å²) in [7, 11) is -4.15. The molecule has 0 aliphatic rings. The van der Waals surface area contributed by atoms with Gasteiger partial charge in [-0.2, -0.15) is 12.7 Å². The number of nitrogens with zero attached hydrogens (tertiary/aromatic N) is 1. The number of aromatic nitrogens is 2. The van der Waals surface area contributed by atoms with Crippen LogP contribution in [-0.4, -0.2) is 24.8 Å². The number of rotatable bonds is 5. The molecule has 7 nitrogen and oxygen atoms in total. The largest absolute Gasteiger partial charge is 0.361 e. The Morgan fingerprint density at radius 3 is 2.20 bits per heavy atom. The Kier molecular flexibility index (Phi) is 3.47. The molecule has 0 saturated heterocycles. The molecule has 4 aromatic rings. The van der Waals surface area contributed by atoms with Gasteiger partial charge in [0.2, 0.25) is 0 Å². The van der Waals surface area contributed by atoms with Crippen molar-refractivity contribution in [1.29, 1.82) is 0 Å². The lowest BCUT2D eigenvalue weighted by Crippen LogP contribution is -2.34. The van der Waals surface area contributed by atoms with E-state index in [1.54, 1.807) is 48.8 Å². The second-order valence-electron chi connectivity index (χ2n) is 5.49. The Morgan fingerprint density at radius 1 is 0.880 bits per heavy atom. The van der Waals surface area contributed by atoms with Crippen LogP contribution >= 0.6 is 0 Å². The maximum absolute atomic E-state index is 12.6. The molecule has 0 unspecified atom stereocenters. The monoisotopic (exact) mass is 353 g/mol. The predicted octanol–water partition coefficient (Wildman–Crippen LogP) is 2.88. The zero-order valence-electron chi connectivity index (χ0n) is 12.9. The lowest BCUT2D eigenvalue weighted by molar-refractivity contribution is 0.554. The molecule has 2 aromatic carbocycles. The van der Waals surface area contributed by atoms with Gasteiger partial charge in [0.1, 0.15) is 0 Å². The molecule has 0 aliphatic heterocycles. The van der Waals surface area contributed by atoms with Gasteiger partial charge < -0.3 is 9.97 Å². The van der Waals surface area contributed by atoms with Gasteiger partial charge in [0.05, 0.1) is 11.4 Å². The third kappa shape index (κ3) is 2.72. The Labute approximate surface area is 143 Å². The van der Waals surface area contributed by atoms with E-state index in [2.05, 4.69) is 14.7 Å². The number of anilines is 2. The van der Waals surface area contributed by atoms with E-state index in [1.807, 2.05) is 12.1 Å². The third-order valence-electron chi connectivity index (χ3n) is 3.90. The topological polar surface area (TPSA) is 98.1 Å². The number of benzene rings is 2. The molecule has 0 aliphatic carbocycles. The van der Waals surface area contributed by atoms with Crippen LogP contribution in [0.15, 0.2) is 60.9 Å². The summed E-state index contributed by atoms with van der Waals surface area (Å²) in [6.45, 7) is 0. The fourth-order valence-electron chi connectivity index (χ4n) is 2.71. The van der Waals surface area contributed by atoms with Gasteiger partial charge in [-0.3, -0.25) is 9.52 Å². The van der Waals surface area contributed by atoms with Crippen LogP contribution in [0.2, 0.25) is 0 Å². The fourth-order valence-corrected chi connectivity index (χ4v) is 3.71. The molecule has 3 N–H and O–H groups in total. The lowest BCUT2D eigenvalue weighted by Gasteiger charge is -2.18. The van der Waals surface area contributed by atoms with Crippen LogP contribution in [0.25, 0.3) is 21.8 Å². The minimum atomic E-state index is -4.15. The zero-order chi connectivity index (χ0) is 17.4. The summed E-state index contributed by atoms with van der Waals surface area (Å²) in [5.74, 6) is 0. The molecule has 1 amide bonds. The van der Waals surface area contributed by atoms with Gasteiger partial charge in [0.15, 0.2) is 0 Å². The molecule has 4 rings (SSSR count). The number of hydrogen-bond donors (Lipinski definition) is 3. The quantitative estimate of drug-likeness (QED) is 0.481. The lowest BCUT2D eigenvalue weighted by atomic mass is 10.2. The molecule has 8 heteroatoms. The van der Waals surface area contributed by atoms with E-state index in [9.17, 15) is 13.2 Å². The van der Waals surface area contributed by atoms with Gasteiger partial charge in [-0.25, -0.2) is 0 Å². The van der Waals surface area contributed by atoms with Crippen molar-refractivity contribution in [2.45, 2.75) is 0 Å². The van der Waals surface area contributed by atoms with Crippen molar-refractivity contribution < 1.29 is 13.2 Å². The van der Waals surface area contributed by atoms with Crippen molar-refractivity contribution in [1.82, 2.24) is 9.97 Å². The van der Waals surface area contributed by atoms with Gasteiger partial charge in [-0.05, 0) is 47.2 Å². The van der Waals surface area contributed by atoms with Gasteiger partial charge >= 0.3 is 16.6 Å². The second kappa shape index (κ2) is 5.67. The number of fused-ring (bicyclic) bond motifs is 2. The average Bonchev–Trinajstić information content (AvgIpc) is 3.22. The molecule has 0 atom stereocenters. The highest BCUT2D eigenvalue weighted by molar-refractivity contribution is 7.94. The summed E-state index contributed by atoms with van der Waals surface area (Å²) < 4.78 is 28.2. The van der Waals surface area contributed by atoms with E-state index in [-0.39, 0.29) is 5.69 Å². The number of amides is 1. The number of carbonyl (C=O) groups excluding carboxylic acids is 1. The van der Waals surface area contributed by atoms with E-state index >= 15 is 0 Å². The van der Waals surface area contributed by atoms with E-state index in [0.717, 1.165) is 21.8 Å². The van der Waals surface area contributed by atoms with Gasteiger partial charge in [0, 0.05) is 23.4 Å². The average molecular weight is 353 g/mol. The van der Waals surface area contributed by atoms with Gasteiger partial charge in [-0.15, -0.1) is 0 Å². The minimum Gasteiger partial charge on any atom is -0.361 e. The van der Waals surface area contributed by atoms with Crippen molar-refractivity contribution in [3.05, 3.63) is 60.9 Å². The highest BCUT2D eigenvalue weighted by atomic mass is 32.2. The molecule has 0 fully saturated rings. The first kappa shape index (κ1) is 15.3. The summed E-state index contributed by atoms with van der Waals surface area (Å²) in [5, 5.41) is 1.87. The highest BCUT2D eigenvalue weighted by Gasteiger charge is 2.23. The predicted molar refractivity (Wildman–Crippen MR) is 97.3 cm³/mol. The van der Waals surface area contributed by atoms with E-state index in [4.69, 9.17) is 0 Å². The van der Waals surface area contributed by atoms with Crippen LogP contribution in [0.3, 0.4) is 0 Å². The van der Waals surface area contributed by atoms with Crippen molar-refractivity contribution >= 4 is 49.8 Å². The first-order chi connectivity index (χ1) is 12.1. The van der Waals surface area contributed by atoms with E-state index in [1.165, 1.54) is 6.41 Å². The third-order valence-corrected chi connectivity index (χ3v) is 5.16. The van der Waals surface area contributed by atoms with Crippen LogP contribution in [0, 0.1) is 0 Å². The van der Waals surface area contributed by atoms with Crippen LogP contribution < -0.4 is 9.03 Å². The zero-order valence-corrected chi connectivity index (χ0v) is 13.7. The van der Waals surface area contributed by atoms with Crippen molar-refractivity contribution in [2.24, 2.45) is 0 Å². The highest BCUT2D eigenvalue weighted by Crippen LogP contribution is 2.24. The molecular weight excluding hydrogens is 340 g/mol. The smallest absolute Gasteiger partial charge is 0.333 e. The van der Waals surface area contributed by atoms with E-state index in [0.29, 0.717) is 9.99 Å². The molecule has 125 valence electrons. The van der Waals surface area contributed by atoms with Crippen molar-refractivity contribution in [3.63, 3.8) is 0 Å². The second-order valence-corrected chi connectivity index (χ2v) is 7.01. The maximum Gasteiger partial charge on any atom is 0.333 e. The Bertz CT molecular complexity index is 1180. The van der Waals surface area contributed by atoms with Gasteiger partial charge in [-0.1, -0.05) is 12.1 Å². The summed E-state index contributed by atoms with van der Waals surface area (Å²) >= 11 is 0. The number of H-pyrrole nitrogens is 2. The molecular formula is C17H13N4O3S.